The van der Waals surface area contributed by atoms with Crippen molar-refractivity contribution in [2.75, 3.05) is 20.8 Å². The average molecular weight is 271 g/mol. The molecule has 4 nitrogen and oxygen atoms in total. The Balaban J connectivity index is 2.88. The van der Waals surface area contributed by atoms with E-state index in [4.69, 9.17) is 25.8 Å². The van der Waals surface area contributed by atoms with Gasteiger partial charge in [-0.3, -0.25) is 4.79 Å². The van der Waals surface area contributed by atoms with E-state index in [-0.39, 0.29) is 6.61 Å². The molecule has 0 saturated carbocycles. The molecular weight excluding hydrogens is 256 g/mol. The molecular formula is C13H15ClO4. The number of carbonyl (C=O) groups excluding carboxylic acids is 1. The van der Waals surface area contributed by atoms with Crippen LogP contribution in [0.4, 0.5) is 0 Å². The van der Waals surface area contributed by atoms with Gasteiger partial charge in [-0.2, -0.15) is 0 Å². The third-order valence-corrected chi connectivity index (χ3v) is 2.68. The zero-order valence-corrected chi connectivity index (χ0v) is 11.1. The van der Waals surface area contributed by atoms with Crippen LogP contribution >= 0.6 is 11.6 Å². The molecule has 1 atom stereocenters. The molecule has 1 unspecified atom stereocenters. The quantitative estimate of drug-likeness (QED) is 0.453. The first kappa shape index (κ1) is 14.4. The van der Waals surface area contributed by atoms with Gasteiger partial charge in [0.2, 0.25) is 0 Å². The molecule has 0 heterocycles. The van der Waals surface area contributed by atoms with Crippen molar-refractivity contribution in [3.8, 4) is 11.5 Å². The molecule has 0 aliphatic heterocycles. The Morgan fingerprint density at radius 2 is 2.06 bits per heavy atom. The number of halogens is 1. The molecule has 98 valence electrons. The highest BCUT2D eigenvalue weighted by atomic mass is 35.5. The van der Waals surface area contributed by atoms with Crippen LogP contribution in [0.25, 0.3) is 0 Å². The summed E-state index contributed by atoms with van der Waals surface area (Å²) < 4.78 is 15.1. The first-order valence-electron chi connectivity index (χ1n) is 5.27. The van der Waals surface area contributed by atoms with Gasteiger partial charge in [-0.15, -0.1) is 11.6 Å². The van der Waals surface area contributed by atoms with Crippen molar-refractivity contribution < 1.29 is 19.0 Å². The van der Waals surface area contributed by atoms with Crippen molar-refractivity contribution in [1.29, 1.82) is 0 Å². The van der Waals surface area contributed by atoms with Crippen LogP contribution in [-0.4, -0.2) is 26.8 Å². The number of ether oxygens (including phenoxy) is 3. The molecule has 0 fully saturated rings. The van der Waals surface area contributed by atoms with Crippen molar-refractivity contribution in [2.45, 2.75) is 5.38 Å². The standard InChI is InChI=1S/C13H15ClO4/c1-4-7-18-13(15)12(14)9-5-6-10(16-2)11(8-9)17-3/h4-6,8,12H,1,7H2,2-3H3. The predicted molar refractivity (Wildman–Crippen MR) is 69.3 cm³/mol. The summed E-state index contributed by atoms with van der Waals surface area (Å²) in [7, 11) is 3.05. The Kier molecular flexibility index (Phi) is 5.52. The number of carbonyl (C=O) groups is 1. The molecule has 0 saturated heterocycles. The molecule has 0 aliphatic carbocycles. The molecule has 0 amide bonds. The predicted octanol–water partition coefficient (Wildman–Crippen LogP) is 2.71. The number of rotatable bonds is 6. The zero-order chi connectivity index (χ0) is 13.5. The van der Waals surface area contributed by atoms with Gasteiger partial charge in [0, 0.05) is 0 Å². The van der Waals surface area contributed by atoms with Gasteiger partial charge < -0.3 is 14.2 Å². The molecule has 1 aromatic carbocycles. The van der Waals surface area contributed by atoms with E-state index in [1.807, 2.05) is 0 Å². The van der Waals surface area contributed by atoms with E-state index in [1.165, 1.54) is 20.3 Å². The first-order valence-corrected chi connectivity index (χ1v) is 5.71. The highest BCUT2D eigenvalue weighted by Crippen LogP contribution is 2.32. The van der Waals surface area contributed by atoms with E-state index in [0.717, 1.165) is 0 Å². The molecule has 0 aliphatic rings. The smallest absolute Gasteiger partial charge is 0.328 e. The lowest BCUT2D eigenvalue weighted by Gasteiger charge is -2.12. The van der Waals surface area contributed by atoms with Crippen LogP contribution < -0.4 is 9.47 Å². The van der Waals surface area contributed by atoms with Crippen LogP contribution in [0.1, 0.15) is 10.9 Å². The number of hydrogen-bond donors (Lipinski definition) is 0. The monoisotopic (exact) mass is 270 g/mol. The Bertz CT molecular complexity index is 431. The fourth-order valence-corrected chi connectivity index (χ4v) is 1.56. The number of benzene rings is 1. The topological polar surface area (TPSA) is 44.8 Å². The number of hydrogen-bond acceptors (Lipinski definition) is 4. The summed E-state index contributed by atoms with van der Waals surface area (Å²) in [4.78, 5) is 11.6. The molecule has 0 spiro atoms. The van der Waals surface area contributed by atoms with Gasteiger partial charge in [-0.1, -0.05) is 18.7 Å². The second-order valence-corrected chi connectivity index (χ2v) is 3.83. The molecule has 5 heteroatoms. The van der Waals surface area contributed by atoms with Gasteiger partial charge >= 0.3 is 5.97 Å². The van der Waals surface area contributed by atoms with Crippen LogP contribution in [0, 0.1) is 0 Å². The molecule has 18 heavy (non-hydrogen) atoms. The van der Waals surface area contributed by atoms with Crippen LogP contribution in [0.3, 0.4) is 0 Å². The summed E-state index contributed by atoms with van der Waals surface area (Å²) in [6.45, 7) is 3.59. The minimum absolute atomic E-state index is 0.134. The molecule has 0 bridgehead atoms. The van der Waals surface area contributed by atoms with Crippen LogP contribution in [0.2, 0.25) is 0 Å². The lowest BCUT2D eigenvalue weighted by Crippen LogP contribution is -2.11. The lowest BCUT2D eigenvalue weighted by atomic mass is 10.1. The summed E-state index contributed by atoms with van der Waals surface area (Å²) in [5.41, 5.74) is 0.586. The highest BCUT2D eigenvalue weighted by Gasteiger charge is 2.20. The van der Waals surface area contributed by atoms with Gasteiger partial charge in [0.25, 0.3) is 0 Å². The zero-order valence-electron chi connectivity index (χ0n) is 10.3. The van der Waals surface area contributed by atoms with E-state index < -0.39 is 11.3 Å². The van der Waals surface area contributed by atoms with Gasteiger partial charge in [0.05, 0.1) is 14.2 Å². The first-order chi connectivity index (χ1) is 8.63. The highest BCUT2D eigenvalue weighted by molar-refractivity contribution is 6.30. The van der Waals surface area contributed by atoms with Gasteiger partial charge in [-0.25, -0.2) is 0 Å². The molecule has 0 N–H and O–H groups in total. The molecule has 1 aromatic rings. The van der Waals surface area contributed by atoms with Crippen molar-refractivity contribution in [1.82, 2.24) is 0 Å². The van der Waals surface area contributed by atoms with Crippen molar-refractivity contribution in [3.05, 3.63) is 36.4 Å². The summed E-state index contributed by atoms with van der Waals surface area (Å²) in [6, 6.07) is 5.02. The maximum absolute atomic E-state index is 11.6. The SMILES string of the molecule is C=CCOC(=O)C(Cl)c1ccc(OC)c(OC)c1. The molecule has 0 aromatic heterocycles. The number of alkyl halides is 1. The van der Waals surface area contributed by atoms with Gasteiger partial charge in [0.15, 0.2) is 16.9 Å². The third-order valence-electron chi connectivity index (χ3n) is 2.25. The Labute approximate surface area is 111 Å². The van der Waals surface area contributed by atoms with E-state index in [2.05, 4.69) is 6.58 Å². The minimum Gasteiger partial charge on any atom is -0.493 e. The van der Waals surface area contributed by atoms with Crippen LogP contribution in [-0.2, 0) is 9.53 Å². The molecule has 0 radical (unpaired) electrons. The van der Waals surface area contributed by atoms with Gasteiger partial charge in [-0.05, 0) is 17.7 Å². The van der Waals surface area contributed by atoms with Crippen LogP contribution in [0.15, 0.2) is 30.9 Å². The fourth-order valence-electron chi connectivity index (χ4n) is 1.36. The van der Waals surface area contributed by atoms with E-state index >= 15 is 0 Å². The second-order valence-electron chi connectivity index (χ2n) is 3.40. The second kappa shape index (κ2) is 6.91. The van der Waals surface area contributed by atoms with Crippen molar-refractivity contribution >= 4 is 17.6 Å². The molecule has 1 rings (SSSR count). The normalized spacial score (nSPS) is 11.5. The summed E-state index contributed by atoms with van der Waals surface area (Å²) in [5.74, 6) is 0.561. The summed E-state index contributed by atoms with van der Waals surface area (Å²) in [6.07, 6.45) is 1.48. The number of methoxy groups -OCH3 is 2. The number of esters is 1. The Morgan fingerprint density at radius 1 is 1.39 bits per heavy atom. The maximum atomic E-state index is 11.6. The maximum Gasteiger partial charge on any atom is 0.328 e. The Hall–Kier alpha value is -1.68. The van der Waals surface area contributed by atoms with Crippen molar-refractivity contribution in [3.63, 3.8) is 0 Å². The average Bonchev–Trinajstić information content (AvgIpc) is 2.42. The Morgan fingerprint density at radius 3 is 2.61 bits per heavy atom. The summed E-state index contributed by atoms with van der Waals surface area (Å²) >= 11 is 6.01. The third kappa shape index (κ3) is 3.40. The van der Waals surface area contributed by atoms with Crippen molar-refractivity contribution in [2.24, 2.45) is 0 Å². The largest absolute Gasteiger partial charge is 0.493 e. The van der Waals surface area contributed by atoms with E-state index in [1.54, 1.807) is 18.2 Å². The van der Waals surface area contributed by atoms with Gasteiger partial charge in [0.1, 0.15) is 6.61 Å². The lowest BCUT2D eigenvalue weighted by molar-refractivity contribution is -0.142. The van der Waals surface area contributed by atoms with E-state index in [0.29, 0.717) is 17.1 Å². The fraction of sp³-hybridized carbons (Fsp3) is 0.308. The van der Waals surface area contributed by atoms with Crippen LogP contribution in [0.5, 0.6) is 11.5 Å². The van der Waals surface area contributed by atoms with E-state index in [9.17, 15) is 4.79 Å². The minimum atomic E-state index is -0.884. The summed E-state index contributed by atoms with van der Waals surface area (Å²) in [5, 5.41) is -0.884.